The van der Waals surface area contributed by atoms with E-state index in [1.54, 1.807) is 30.3 Å². The summed E-state index contributed by atoms with van der Waals surface area (Å²) in [7, 11) is 0. The fraction of sp³-hybridized carbons (Fsp3) is 0. The third-order valence-electron chi connectivity index (χ3n) is 3.60. The van der Waals surface area contributed by atoms with E-state index in [0.717, 1.165) is 0 Å². The average Bonchev–Trinajstić information content (AvgIpc) is 3.27. The van der Waals surface area contributed by atoms with Crippen molar-refractivity contribution in [2.75, 3.05) is 5.32 Å². The number of amides is 2. The van der Waals surface area contributed by atoms with Crippen LogP contribution >= 0.6 is 23.2 Å². The first-order chi connectivity index (χ1) is 14.4. The van der Waals surface area contributed by atoms with E-state index in [9.17, 15) is 14.4 Å². The Morgan fingerprint density at radius 1 is 0.967 bits per heavy atom. The van der Waals surface area contributed by atoms with Gasteiger partial charge in [-0.15, -0.1) is 0 Å². The summed E-state index contributed by atoms with van der Waals surface area (Å²) in [6.07, 6.45) is 2.68. The van der Waals surface area contributed by atoms with Crippen LogP contribution in [0.5, 0.6) is 5.75 Å². The molecule has 0 aliphatic carbocycles. The largest absolute Gasteiger partial charge is 0.457 e. The number of furan rings is 1. The number of ether oxygens (including phenoxy) is 1. The van der Waals surface area contributed by atoms with Gasteiger partial charge >= 0.3 is 17.8 Å². The summed E-state index contributed by atoms with van der Waals surface area (Å²) in [5.74, 6) is -2.20. The fourth-order valence-corrected chi connectivity index (χ4v) is 2.52. The van der Waals surface area contributed by atoms with Gasteiger partial charge in [0.1, 0.15) is 5.75 Å². The van der Waals surface area contributed by atoms with Crippen molar-refractivity contribution in [2.45, 2.75) is 0 Å². The third kappa shape index (κ3) is 5.47. The molecule has 2 N–H and O–H groups in total. The van der Waals surface area contributed by atoms with Crippen molar-refractivity contribution in [2.24, 2.45) is 5.10 Å². The molecule has 8 nitrogen and oxygen atoms in total. The number of hydrogen-bond acceptors (Lipinski definition) is 6. The highest BCUT2D eigenvalue weighted by Gasteiger charge is 2.15. The first kappa shape index (κ1) is 21.1. The molecule has 0 saturated carbocycles. The molecule has 1 heterocycles. The predicted molar refractivity (Wildman–Crippen MR) is 111 cm³/mol. The molecule has 10 heteroatoms. The highest BCUT2D eigenvalue weighted by Crippen LogP contribution is 2.29. The molecule has 0 radical (unpaired) electrons. The normalized spacial score (nSPS) is 10.6. The quantitative estimate of drug-likeness (QED) is 0.203. The molecule has 0 aliphatic rings. The van der Waals surface area contributed by atoms with Crippen LogP contribution in [0, 0.1) is 0 Å². The number of hydrogen-bond donors (Lipinski definition) is 2. The van der Waals surface area contributed by atoms with Crippen LogP contribution in [0.3, 0.4) is 0 Å². The monoisotopic (exact) mass is 445 g/mol. The molecule has 0 atom stereocenters. The average molecular weight is 446 g/mol. The van der Waals surface area contributed by atoms with Crippen molar-refractivity contribution in [3.8, 4) is 5.75 Å². The zero-order chi connectivity index (χ0) is 21.5. The lowest BCUT2D eigenvalue weighted by Crippen LogP contribution is -2.32. The number of halogens is 2. The Balaban J connectivity index is 1.52. The molecule has 3 aromatic rings. The molecule has 30 heavy (non-hydrogen) atoms. The van der Waals surface area contributed by atoms with Gasteiger partial charge < -0.3 is 14.5 Å². The molecule has 152 valence electrons. The van der Waals surface area contributed by atoms with E-state index in [4.69, 9.17) is 32.4 Å². The van der Waals surface area contributed by atoms with Crippen LogP contribution in [0.4, 0.5) is 5.69 Å². The second-order valence-electron chi connectivity index (χ2n) is 5.69. The Morgan fingerprint density at radius 3 is 2.43 bits per heavy atom. The van der Waals surface area contributed by atoms with Gasteiger partial charge in [0.05, 0.1) is 28.2 Å². The van der Waals surface area contributed by atoms with Crippen LogP contribution in [0.25, 0.3) is 0 Å². The van der Waals surface area contributed by atoms with Crippen molar-refractivity contribution in [1.82, 2.24) is 5.43 Å². The number of nitrogens with one attached hydrogen (secondary N) is 2. The van der Waals surface area contributed by atoms with Gasteiger partial charge in [0.2, 0.25) is 5.76 Å². The van der Waals surface area contributed by atoms with E-state index >= 15 is 0 Å². The number of carbonyl (C=O) groups is 3. The molecular weight excluding hydrogens is 433 g/mol. The Hall–Kier alpha value is -3.62. The van der Waals surface area contributed by atoms with Gasteiger partial charge in [0.15, 0.2) is 0 Å². The standard InChI is InChI=1S/C20H13Cl2N3O5/c21-14-3-1-4-15(17(14)22)24-18(26)19(27)25-23-11-12-6-8-13(9-7-12)30-20(28)16-5-2-10-29-16/h1-11H,(H,24,26)(H,25,27)/b23-11+. The maximum atomic E-state index is 11.9. The number of anilines is 1. The lowest BCUT2D eigenvalue weighted by Gasteiger charge is -2.06. The van der Waals surface area contributed by atoms with Gasteiger partial charge in [-0.1, -0.05) is 29.3 Å². The Bertz CT molecular complexity index is 1100. The first-order valence-corrected chi connectivity index (χ1v) is 9.14. The molecule has 0 fully saturated rings. The summed E-state index contributed by atoms with van der Waals surface area (Å²) in [6, 6.07) is 14.0. The molecular formula is C20H13Cl2N3O5. The van der Waals surface area contributed by atoms with Crippen molar-refractivity contribution in [3.05, 3.63) is 82.2 Å². The van der Waals surface area contributed by atoms with Crippen LogP contribution < -0.4 is 15.5 Å². The number of esters is 1. The van der Waals surface area contributed by atoms with E-state index in [-0.39, 0.29) is 21.5 Å². The first-order valence-electron chi connectivity index (χ1n) is 8.38. The van der Waals surface area contributed by atoms with Crippen LogP contribution in [-0.4, -0.2) is 24.0 Å². The zero-order valence-electron chi connectivity index (χ0n) is 15.1. The summed E-state index contributed by atoms with van der Waals surface area (Å²) in [6.45, 7) is 0. The molecule has 1 aromatic heterocycles. The molecule has 2 amide bonds. The zero-order valence-corrected chi connectivity index (χ0v) is 16.6. The Labute approximate surface area is 180 Å². The molecule has 2 aromatic carbocycles. The topological polar surface area (TPSA) is 110 Å². The van der Waals surface area contributed by atoms with Gasteiger partial charge in [0.25, 0.3) is 0 Å². The lowest BCUT2D eigenvalue weighted by molar-refractivity contribution is -0.136. The fourth-order valence-electron chi connectivity index (χ4n) is 2.17. The van der Waals surface area contributed by atoms with E-state index in [0.29, 0.717) is 11.3 Å². The number of hydrazone groups is 1. The molecule has 0 aliphatic heterocycles. The number of rotatable bonds is 5. The Kier molecular flexibility index (Phi) is 6.84. The summed E-state index contributed by atoms with van der Waals surface area (Å²) in [5.41, 5.74) is 2.89. The van der Waals surface area contributed by atoms with Gasteiger partial charge in [0, 0.05) is 0 Å². The van der Waals surface area contributed by atoms with Crippen LogP contribution in [0.1, 0.15) is 16.1 Å². The molecule has 3 rings (SSSR count). The van der Waals surface area contributed by atoms with Gasteiger partial charge in [-0.05, 0) is 54.1 Å². The Morgan fingerprint density at radius 2 is 1.73 bits per heavy atom. The second kappa shape index (κ2) is 9.73. The smallest absolute Gasteiger partial charge is 0.379 e. The minimum absolute atomic E-state index is 0.0840. The molecule has 0 spiro atoms. The van der Waals surface area contributed by atoms with E-state index in [1.807, 2.05) is 0 Å². The van der Waals surface area contributed by atoms with E-state index in [2.05, 4.69) is 15.8 Å². The summed E-state index contributed by atoms with van der Waals surface area (Å²) < 4.78 is 10.1. The summed E-state index contributed by atoms with van der Waals surface area (Å²) in [4.78, 5) is 35.5. The highest BCUT2D eigenvalue weighted by molar-refractivity contribution is 6.45. The van der Waals surface area contributed by atoms with Crippen LogP contribution in [-0.2, 0) is 9.59 Å². The second-order valence-corrected chi connectivity index (χ2v) is 6.48. The van der Waals surface area contributed by atoms with Crippen molar-refractivity contribution in [3.63, 3.8) is 0 Å². The maximum absolute atomic E-state index is 11.9. The lowest BCUT2D eigenvalue weighted by atomic mass is 10.2. The number of benzene rings is 2. The summed E-state index contributed by atoms with van der Waals surface area (Å²) >= 11 is 11.8. The molecule has 0 saturated heterocycles. The minimum atomic E-state index is -0.994. The van der Waals surface area contributed by atoms with Crippen LogP contribution in [0.15, 0.2) is 70.4 Å². The molecule has 0 bridgehead atoms. The van der Waals surface area contributed by atoms with Crippen LogP contribution in [0.2, 0.25) is 10.0 Å². The minimum Gasteiger partial charge on any atom is -0.457 e. The van der Waals surface area contributed by atoms with E-state index < -0.39 is 17.8 Å². The van der Waals surface area contributed by atoms with E-state index in [1.165, 1.54) is 36.7 Å². The summed E-state index contributed by atoms with van der Waals surface area (Å²) in [5, 5.41) is 6.41. The van der Waals surface area contributed by atoms with Gasteiger partial charge in [-0.25, -0.2) is 10.2 Å². The predicted octanol–water partition coefficient (Wildman–Crippen LogP) is 3.89. The number of nitrogens with zero attached hydrogens (tertiary/aromatic N) is 1. The number of carbonyl (C=O) groups excluding carboxylic acids is 3. The van der Waals surface area contributed by atoms with Crippen molar-refractivity contribution in [1.29, 1.82) is 0 Å². The van der Waals surface area contributed by atoms with Crippen molar-refractivity contribution < 1.29 is 23.5 Å². The van der Waals surface area contributed by atoms with Gasteiger partial charge in [-0.2, -0.15) is 5.10 Å². The highest BCUT2D eigenvalue weighted by atomic mass is 35.5. The molecule has 0 unspecified atom stereocenters. The van der Waals surface area contributed by atoms with Crippen molar-refractivity contribution >= 4 is 52.9 Å². The maximum Gasteiger partial charge on any atom is 0.379 e. The van der Waals surface area contributed by atoms with Gasteiger partial charge in [-0.3, -0.25) is 9.59 Å². The third-order valence-corrected chi connectivity index (χ3v) is 4.42. The SMILES string of the molecule is O=C(N/N=C/c1ccc(OC(=O)c2ccco2)cc1)C(=O)Nc1cccc(Cl)c1Cl.